The number of aliphatic hydroxyl groups excluding tert-OH is 1. The van der Waals surface area contributed by atoms with Crippen LogP contribution in [0.4, 0.5) is 5.69 Å². The molecule has 0 saturated carbocycles. The maximum Gasteiger partial charge on any atom is 0.247 e. The molecule has 3 unspecified atom stereocenters. The standard InChI is InChI=1S/C23H29N3O3S/c1-24(22(17-8-4-3-5-9-17)16-25-13-12-19(27)15-25)23(28)21-14-18-10-6-7-11-20(18)26(21)30(2)29/h3-11,19,21-22,27H,12-16H2,1-2H3/t19-,21?,22?,30?/m0/s1. The van der Waals surface area contributed by atoms with Crippen LogP contribution in [-0.4, -0.2) is 70.1 Å². The lowest BCUT2D eigenvalue weighted by molar-refractivity contribution is -0.133. The Morgan fingerprint density at radius 2 is 1.90 bits per heavy atom. The van der Waals surface area contributed by atoms with E-state index in [1.165, 1.54) is 0 Å². The van der Waals surface area contributed by atoms with Crippen LogP contribution in [0.15, 0.2) is 54.6 Å². The molecule has 1 saturated heterocycles. The fourth-order valence-electron chi connectivity index (χ4n) is 4.60. The first-order chi connectivity index (χ1) is 14.5. The molecule has 160 valence electrons. The van der Waals surface area contributed by atoms with Gasteiger partial charge in [0.25, 0.3) is 0 Å². The Bertz CT molecular complexity index is 923. The molecule has 1 N–H and O–H groups in total. The van der Waals surface area contributed by atoms with Crippen molar-refractivity contribution < 1.29 is 14.1 Å². The van der Waals surface area contributed by atoms with Crippen LogP contribution in [0.3, 0.4) is 0 Å². The van der Waals surface area contributed by atoms with Gasteiger partial charge in [-0.3, -0.25) is 14.0 Å². The van der Waals surface area contributed by atoms with Gasteiger partial charge in [0.05, 0.1) is 17.8 Å². The zero-order valence-electron chi connectivity index (χ0n) is 17.5. The second kappa shape index (κ2) is 8.88. The number of anilines is 1. The average Bonchev–Trinajstić information content (AvgIpc) is 3.34. The largest absolute Gasteiger partial charge is 0.392 e. The topological polar surface area (TPSA) is 64.1 Å². The van der Waals surface area contributed by atoms with Gasteiger partial charge in [0.1, 0.15) is 17.0 Å². The third-order valence-corrected chi connectivity index (χ3v) is 7.17. The highest BCUT2D eigenvalue weighted by Gasteiger charge is 2.40. The van der Waals surface area contributed by atoms with Gasteiger partial charge in [-0.25, -0.2) is 4.21 Å². The number of likely N-dealkylation sites (N-methyl/N-ethyl adjacent to an activating group) is 1. The van der Waals surface area contributed by atoms with Crippen LogP contribution in [0.2, 0.25) is 0 Å². The van der Waals surface area contributed by atoms with E-state index in [1.54, 1.807) is 15.5 Å². The normalized spacial score (nSPS) is 23.2. The van der Waals surface area contributed by atoms with Gasteiger partial charge in [-0.05, 0) is 23.6 Å². The molecule has 1 fully saturated rings. The molecular formula is C23H29N3O3S. The van der Waals surface area contributed by atoms with Crippen molar-refractivity contribution in [3.8, 4) is 0 Å². The molecule has 2 aliphatic rings. The summed E-state index contributed by atoms with van der Waals surface area (Å²) in [6.45, 7) is 2.12. The Balaban J connectivity index is 1.60. The molecule has 4 atom stereocenters. The minimum Gasteiger partial charge on any atom is -0.392 e. The second-order valence-corrected chi connectivity index (χ2v) is 9.42. The number of para-hydroxylation sites is 1. The van der Waals surface area contributed by atoms with Crippen LogP contribution in [0.25, 0.3) is 0 Å². The summed E-state index contributed by atoms with van der Waals surface area (Å²) >= 11 is 0. The van der Waals surface area contributed by atoms with E-state index >= 15 is 0 Å². The van der Waals surface area contributed by atoms with Gasteiger partial charge in [-0.1, -0.05) is 48.5 Å². The van der Waals surface area contributed by atoms with E-state index < -0.39 is 17.0 Å². The molecule has 2 aromatic carbocycles. The molecule has 2 aromatic rings. The first-order valence-electron chi connectivity index (χ1n) is 10.4. The summed E-state index contributed by atoms with van der Waals surface area (Å²) in [5.41, 5.74) is 3.00. The minimum atomic E-state index is -1.29. The molecular weight excluding hydrogens is 398 g/mol. The lowest BCUT2D eigenvalue weighted by Gasteiger charge is -2.35. The Morgan fingerprint density at radius 1 is 1.20 bits per heavy atom. The zero-order valence-corrected chi connectivity index (χ0v) is 18.3. The number of carbonyl (C=O) groups excluding carboxylic acids is 1. The summed E-state index contributed by atoms with van der Waals surface area (Å²) in [5, 5.41) is 9.94. The van der Waals surface area contributed by atoms with E-state index in [4.69, 9.17) is 0 Å². The van der Waals surface area contributed by atoms with Crippen LogP contribution < -0.4 is 4.31 Å². The lowest BCUT2D eigenvalue weighted by atomic mass is 10.0. The molecule has 2 heterocycles. The van der Waals surface area contributed by atoms with Crippen molar-refractivity contribution >= 4 is 22.6 Å². The van der Waals surface area contributed by atoms with E-state index in [1.807, 2.05) is 61.6 Å². The molecule has 6 nitrogen and oxygen atoms in total. The maximum absolute atomic E-state index is 13.7. The van der Waals surface area contributed by atoms with Crippen LogP contribution in [0, 0.1) is 0 Å². The first kappa shape index (κ1) is 21.0. The number of fused-ring (bicyclic) bond motifs is 1. The van der Waals surface area contributed by atoms with Crippen molar-refractivity contribution in [2.24, 2.45) is 0 Å². The van der Waals surface area contributed by atoms with Crippen LogP contribution >= 0.6 is 0 Å². The van der Waals surface area contributed by atoms with E-state index in [0.29, 0.717) is 19.5 Å². The smallest absolute Gasteiger partial charge is 0.247 e. The van der Waals surface area contributed by atoms with Crippen LogP contribution in [0.5, 0.6) is 0 Å². The number of hydrogen-bond donors (Lipinski definition) is 1. The van der Waals surface area contributed by atoms with E-state index in [2.05, 4.69) is 4.90 Å². The van der Waals surface area contributed by atoms with E-state index in [0.717, 1.165) is 29.8 Å². The Hall–Kier alpha value is -2.22. The Labute approximate surface area is 180 Å². The zero-order chi connectivity index (χ0) is 21.3. The molecule has 0 spiro atoms. The summed E-state index contributed by atoms with van der Waals surface area (Å²) in [5.74, 6) is -0.0324. The molecule has 0 radical (unpaired) electrons. The van der Waals surface area contributed by atoms with Gasteiger partial charge in [0.15, 0.2) is 0 Å². The van der Waals surface area contributed by atoms with Crippen LogP contribution in [0.1, 0.15) is 23.6 Å². The van der Waals surface area contributed by atoms with Gasteiger partial charge in [0, 0.05) is 39.4 Å². The quantitative estimate of drug-likeness (QED) is 0.766. The number of hydrogen-bond acceptors (Lipinski definition) is 4. The number of nitrogens with zero attached hydrogens (tertiary/aromatic N) is 3. The highest BCUT2D eigenvalue weighted by molar-refractivity contribution is 7.85. The van der Waals surface area contributed by atoms with Gasteiger partial charge < -0.3 is 10.0 Å². The molecule has 30 heavy (non-hydrogen) atoms. The Kier molecular flexibility index (Phi) is 6.22. The van der Waals surface area contributed by atoms with Crippen molar-refractivity contribution in [3.63, 3.8) is 0 Å². The molecule has 4 rings (SSSR count). The van der Waals surface area contributed by atoms with Crippen molar-refractivity contribution in [3.05, 3.63) is 65.7 Å². The number of amides is 1. The number of aliphatic hydroxyl groups is 1. The van der Waals surface area contributed by atoms with Crippen molar-refractivity contribution in [1.29, 1.82) is 0 Å². The van der Waals surface area contributed by atoms with E-state index in [9.17, 15) is 14.1 Å². The van der Waals surface area contributed by atoms with Crippen molar-refractivity contribution in [2.45, 2.75) is 31.0 Å². The summed E-state index contributed by atoms with van der Waals surface area (Å²) in [7, 11) is 0.546. The summed E-state index contributed by atoms with van der Waals surface area (Å²) < 4.78 is 14.3. The predicted molar refractivity (Wildman–Crippen MR) is 119 cm³/mol. The number of rotatable bonds is 6. The number of benzene rings is 2. The predicted octanol–water partition coefficient (Wildman–Crippen LogP) is 1.98. The monoisotopic (exact) mass is 427 g/mol. The number of likely N-dealkylation sites (tertiary alicyclic amines) is 1. The Morgan fingerprint density at radius 3 is 2.57 bits per heavy atom. The molecule has 0 bridgehead atoms. The highest BCUT2D eigenvalue weighted by atomic mass is 32.2. The molecule has 1 amide bonds. The second-order valence-electron chi connectivity index (χ2n) is 8.18. The van der Waals surface area contributed by atoms with Crippen LogP contribution in [-0.2, 0) is 22.2 Å². The van der Waals surface area contributed by atoms with Gasteiger partial charge >= 0.3 is 0 Å². The SMILES string of the molecule is CN(C(=O)C1Cc2ccccc2N1S(C)=O)C(CN1CC[C@H](O)C1)c1ccccc1. The third-order valence-electron chi connectivity index (χ3n) is 6.17. The minimum absolute atomic E-state index is 0.0324. The average molecular weight is 428 g/mol. The third kappa shape index (κ3) is 4.15. The molecule has 7 heteroatoms. The molecule has 0 aromatic heterocycles. The van der Waals surface area contributed by atoms with Gasteiger partial charge in [0.2, 0.25) is 5.91 Å². The number of carbonyl (C=O) groups is 1. The lowest BCUT2D eigenvalue weighted by Crippen LogP contribution is -2.49. The fraction of sp³-hybridized carbons (Fsp3) is 0.435. The van der Waals surface area contributed by atoms with Gasteiger partial charge in [-0.15, -0.1) is 0 Å². The van der Waals surface area contributed by atoms with Crippen molar-refractivity contribution in [1.82, 2.24) is 9.80 Å². The molecule has 2 aliphatic heterocycles. The number of β-amino-alcohol motifs (C(OH)–C–C–N with tert-alkyl or cyclic N) is 1. The fourth-order valence-corrected chi connectivity index (χ4v) is 5.58. The summed E-state index contributed by atoms with van der Waals surface area (Å²) in [6, 6.07) is 17.2. The maximum atomic E-state index is 13.7. The highest BCUT2D eigenvalue weighted by Crippen LogP contribution is 2.35. The first-order valence-corrected chi connectivity index (χ1v) is 11.9. The molecule has 0 aliphatic carbocycles. The summed E-state index contributed by atoms with van der Waals surface area (Å²) in [4.78, 5) is 17.7. The van der Waals surface area contributed by atoms with Crippen molar-refractivity contribution in [2.75, 3.05) is 37.2 Å². The van der Waals surface area contributed by atoms with E-state index in [-0.39, 0.29) is 18.1 Å². The summed E-state index contributed by atoms with van der Waals surface area (Å²) in [6.07, 6.45) is 2.65. The van der Waals surface area contributed by atoms with Gasteiger partial charge in [-0.2, -0.15) is 0 Å².